The number of hydrogen-bond donors (Lipinski definition) is 1. The number of ether oxygens (including phenoxy) is 1. The zero-order valence-corrected chi connectivity index (χ0v) is 14.6. The van der Waals surface area contributed by atoms with Gasteiger partial charge in [-0.1, -0.05) is 52.4 Å². The lowest BCUT2D eigenvalue weighted by Crippen LogP contribution is -2.39. The maximum atomic E-state index is 11.5. The first-order chi connectivity index (χ1) is 9.91. The largest absolute Gasteiger partial charge is 0.381 e. The molecule has 126 valence electrons. The van der Waals surface area contributed by atoms with E-state index in [1.54, 1.807) is 0 Å². The summed E-state index contributed by atoms with van der Waals surface area (Å²) in [5, 5.41) is 5.29. The van der Waals surface area contributed by atoms with E-state index in [1.165, 1.54) is 25.7 Å². The van der Waals surface area contributed by atoms with Crippen molar-refractivity contribution < 1.29 is 13.2 Å². The summed E-state index contributed by atoms with van der Waals surface area (Å²) >= 11 is 0. The number of sulfonamides is 1. The number of nitrogens with two attached hydrogens (primary N) is 1. The Morgan fingerprint density at radius 2 is 1.86 bits per heavy atom. The molecule has 1 rings (SSSR count). The summed E-state index contributed by atoms with van der Waals surface area (Å²) in [5.41, 5.74) is -0.241. The number of primary sulfonamides is 1. The quantitative estimate of drug-likeness (QED) is 0.670. The van der Waals surface area contributed by atoms with Gasteiger partial charge in [0.2, 0.25) is 10.0 Å². The van der Waals surface area contributed by atoms with Crippen LogP contribution >= 0.6 is 0 Å². The van der Waals surface area contributed by atoms with Gasteiger partial charge in [0.15, 0.2) is 0 Å². The molecule has 1 unspecified atom stereocenters. The molecule has 0 bridgehead atoms. The van der Waals surface area contributed by atoms with Gasteiger partial charge in [-0.15, -0.1) is 0 Å². The smallest absolute Gasteiger partial charge is 0.209 e. The van der Waals surface area contributed by atoms with E-state index in [1.807, 2.05) is 0 Å². The standard InChI is InChI=1S/C16H33NO3S/c1-3-5-9-15(4-2)12-20-13-16(14-21(17,18)19)10-7-6-8-11-16/h15H,3-14H2,1-2H3,(H2,17,18,19). The first kappa shape index (κ1) is 18.9. The van der Waals surface area contributed by atoms with Crippen LogP contribution in [-0.2, 0) is 14.8 Å². The maximum absolute atomic E-state index is 11.5. The van der Waals surface area contributed by atoms with Crippen molar-refractivity contribution in [3.63, 3.8) is 0 Å². The highest BCUT2D eigenvalue weighted by Crippen LogP contribution is 2.37. The second-order valence-electron chi connectivity index (χ2n) is 6.80. The topological polar surface area (TPSA) is 69.4 Å². The highest BCUT2D eigenvalue weighted by atomic mass is 32.2. The van der Waals surface area contributed by atoms with Crippen molar-refractivity contribution in [1.29, 1.82) is 0 Å². The molecule has 0 radical (unpaired) electrons. The third kappa shape index (κ3) is 7.61. The Morgan fingerprint density at radius 3 is 2.38 bits per heavy atom. The van der Waals surface area contributed by atoms with Crippen LogP contribution in [0.1, 0.15) is 71.6 Å². The molecule has 0 aromatic carbocycles. The molecular formula is C16H33NO3S. The number of hydrogen-bond acceptors (Lipinski definition) is 3. The monoisotopic (exact) mass is 319 g/mol. The summed E-state index contributed by atoms with van der Waals surface area (Å²) in [7, 11) is -3.43. The Hall–Kier alpha value is -0.130. The van der Waals surface area contributed by atoms with Gasteiger partial charge in [-0.25, -0.2) is 13.6 Å². The minimum Gasteiger partial charge on any atom is -0.381 e. The van der Waals surface area contributed by atoms with Crippen molar-refractivity contribution in [3.05, 3.63) is 0 Å². The van der Waals surface area contributed by atoms with Gasteiger partial charge in [-0.05, 0) is 25.2 Å². The van der Waals surface area contributed by atoms with Crippen LogP contribution in [0.2, 0.25) is 0 Å². The van der Waals surface area contributed by atoms with E-state index in [-0.39, 0.29) is 11.2 Å². The molecule has 0 amide bonds. The van der Waals surface area contributed by atoms with E-state index in [0.29, 0.717) is 12.5 Å². The Morgan fingerprint density at radius 1 is 1.19 bits per heavy atom. The van der Waals surface area contributed by atoms with Crippen molar-refractivity contribution in [1.82, 2.24) is 0 Å². The lowest BCUT2D eigenvalue weighted by Gasteiger charge is -2.36. The van der Waals surface area contributed by atoms with Gasteiger partial charge in [-0.3, -0.25) is 0 Å². The molecule has 1 saturated carbocycles. The fraction of sp³-hybridized carbons (Fsp3) is 1.00. The first-order valence-corrected chi connectivity index (χ1v) is 10.2. The van der Waals surface area contributed by atoms with Gasteiger partial charge in [0, 0.05) is 12.0 Å². The normalized spacial score (nSPS) is 20.3. The molecule has 1 aliphatic rings. The Labute approximate surface area is 130 Å². The Balaban J connectivity index is 2.49. The van der Waals surface area contributed by atoms with E-state index in [2.05, 4.69) is 13.8 Å². The summed E-state index contributed by atoms with van der Waals surface area (Å²) in [5.74, 6) is 0.672. The highest BCUT2D eigenvalue weighted by molar-refractivity contribution is 7.89. The third-order valence-electron chi connectivity index (χ3n) is 4.73. The minimum absolute atomic E-state index is 0.0752. The van der Waals surface area contributed by atoms with E-state index >= 15 is 0 Å². The van der Waals surface area contributed by atoms with E-state index < -0.39 is 10.0 Å². The first-order valence-electron chi connectivity index (χ1n) is 8.49. The molecule has 5 heteroatoms. The van der Waals surface area contributed by atoms with Crippen LogP contribution in [0.25, 0.3) is 0 Å². The van der Waals surface area contributed by atoms with Crippen LogP contribution < -0.4 is 5.14 Å². The molecular weight excluding hydrogens is 286 g/mol. The van der Waals surface area contributed by atoms with Crippen molar-refractivity contribution in [2.75, 3.05) is 19.0 Å². The van der Waals surface area contributed by atoms with Crippen LogP contribution in [0, 0.1) is 11.3 Å². The third-order valence-corrected chi connectivity index (χ3v) is 5.74. The second kappa shape index (κ2) is 9.11. The molecule has 0 aliphatic heterocycles. The molecule has 0 saturated heterocycles. The summed E-state index contributed by atoms with van der Waals surface area (Å²) in [4.78, 5) is 0. The Kier molecular flexibility index (Phi) is 8.21. The second-order valence-corrected chi connectivity index (χ2v) is 8.41. The summed E-state index contributed by atoms with van der Waals surface area (Å²) in [6.45, 7) is 5.70. The summed E-state index contributed by atoms with van der Waals surface area (Å²) in [6.07, 6.45) is 10.0. The van der Waals surface area contributed by atoms with Crippen LogP contribution in [-0.4, -0.2) is 27.4 Å². The summed E-state index contributed by atoms with van der Waals surface area (Å²) < 4.78 is 29.0. The predicted octanol–water partition coefficient (Wildman–Crippen LogP) is 3.46. The number of unbranched alkanes of at least 4 members (excludes halogenated alkanes) is 1. The van der Waals surface area contributed by atoms with E-state index in [0.717, 1.165) is 38.7 Å². The Bertz CT molecular complexity index is 375. The van der Waals surface area contributed by atoms with Gasteiger partial charge in [0.1, 0.15) is 0 Å². The van der Waals surface area contributed by atoms with Gasteiger partial charge in [0.05, 0.1) is 12.4 Å². The average Bonchev–Trinajstić information content (AvgIpc) is 2.41. The molecule has 0 spiro atoms. The molecule has 1 atom stereocenters. The molecule has 0 aromatic heterocycles. The van der Waals surface area contributed by atoms with Crippen molar-refractivity contribution in [2.24, 2.45) is 16.5 Å². The molecule has 2 N–H and O–H groups in total. The molecule has 1 fully saturated rings. The van der Waals surface area contributed by atoms with Gasteiger partial charge in [0.25, 0.3) is 0 Å². The van der Waals surface area contributed by atoms with Crippen LogP contribution in [0.4, 0.5) is 0 Å². The minimum atomic E-state index is -3.43. The maximum Gasteiger partial charge on any atom is 0.209 e. The lowest BCUT2D eigenvalue weighted by molar-refractivity contribution is 0.0139. The fourth-order valence-electron chi connectivity index (χ4n) is 3.40. The van der Waals surface area contributed by atoms with Crippen LogP contribution in [0.15, 0.2) is 0 Å². The van der Waals surface area contributed by atoms with Crippen molar-refractivity contribution >= 4 is 10.0 Å². The van der Waals surface area contributed by atoms with Crippen molar-refractivity contribution in [3.8, 4) is 0 Å². The summed E-state index contributed by atoms with van der Waals surface area (Å²) in [6, 6.07) is 0. The van der Waals surface area contributed by atoms with Crippen LogP contribution in [0.5, 0.6) is 0 Å². The molecule has 21 heavy (non-hydrogen) atoms. The molecule has 4 nitrogen and oxygen atoms in total. The molecule has 1 aliphatic carbocycles. The van der Waals surface area contributed by atoms with Crippen molar-refractivity contribution in [2.45, 2.75) is 71.6 Å². The van der Waals surface area contributed by atoms with E-state index in [9.17, 15) is 8.42 Å². The SMILES string of the molecule is CCCCC(CC)COCC1(CS(N)(=O)=O)CCCCC1. The zero-order chi connectivity index (χ0) is 15.8. The fourth-order valence-corrected chi connectivity index (χ4v) is 4.62. The van der Waals surface area contributed by atoms with Crippen LogP contribution in [0.3, 0.4) is 0 Å². The average molecular weight is 320 g/mol. The lowest BCUT2D eigenvalue weighted by atomic mass is 9.76. The zero-order valence-electron chi connectivity index (χ0n) is 13.8. The molecule has 0 heterocycles. The van der Waals surface area contributed by atoms with E-state index in [4.69, 9.17) is 9.88 Å². The predicted molar refractivity (Wildman–Crippen MR) is 87.6 cm³/mol. The number of rotatable bonds is 10. The molecule has 0 aromatic rings. The highest BCUT2D eigenvalue weighted by Gasteiger charge is 2.36. The van der Waals surface area contributed by atoms with Gasteiger partial charge >= 0.3 is 0 Å². The van der Waals surface area contributed by atoms with Gasteiger partial charge in [-0.2, -0.15) is 0 Å². The van der Waals surface area contributed by atoms with Gasteiger partial charge < -0.3 is 4.74 Å².